The van der Waals surface area contributed by atoms with E-state index in [0.717, 1.165) is 17.5 Å². The van der Waals surface area contributed by atoms with Crippen molar-refractivity contribution in [1.82, 2.24) is 0 Å². The van der Waals surface area contributed by atoms with Crippen molar-refractivity contribution >= 4 is 15.9 Å². The molecule has 2 aromatic rings. The van der Waals surface area contributed by atoms with Crippen LogP contribution in [0.3, 0.4) is 0 Å². The molecular formula is C15H15BrFN. The number of hydrogen-bond donors (Lipinski definition) is 1. The summed E-state index contributed by atoms with van der Waals surface area (Å²) in [5.74, 6) is -0.231. The Kier molecular flexibility index (Phi) is 4.15. The number of nitrogens with two attached hydrogens (primary N) is 1. The molecule has 0 bridgehead atoms. The molecule has 0 spiro atoms. The third-order valence-corrected chi connectivity index (χ3v) is 3.65. The second-order valence-corrected chi connectivity index (χ2v) is 5.09. The van der Waals surface area contributed by atoms with E-state index in [1.807, 2.05) is 37.3 Å². The molecule has 0 fully saturated rings. The summed E-state index contributed by atoms with van der Waals surface area (Å²) in [5.41, 5.74) is 8.50. The lowest BCUT2D eigenvalue weighted by Gasteiger charge is -2.10. The van der Waals surface area contributed by atoms with Crippen molar-refractivity contribution in [3.8, 4) is 11.1 Å². The SMILES string of the molecule is CCC(N)c1ccc(-c2cccc(Br)c2F)cc1. The molecule has 0 aliphatic rings. The summed E-state index contributed by atoms with van der Waals surface area (Å²) in [6.07, 6.45) is 0.893. The highest BCUT2D eigenvalue weighted by Crippen LogP contribution is 2.28. The molecule has 94 valence electrons. The fourth-order valence-corrected chi connectivity index (χ4v) is 2.24. The highest BCUT2D eigenvalue weighted by atomic mass is 79.9. The highest BCUT2D eigenvalue weighted by molar-refractivity contribution is 9.10. The van der Waals surface area contributed by atoms with E-state index in [-0.39, 0.29) is 11.9 Å². The zero-order chi connectivity index (χ0) is 13.1. The minimum absolute atomic E-state index is 0.0476. The molecule has 3 heteroatoms. The Hall–Kier alpha value is -1.19. The monoisotopic (exact) mass is 307 g/mol. The summed E-state index contributed by atoms with van der Waals surface area (Å²) in [5, 5.41) is 0. The molecular weight excluding hydrogens is 293 g/mol. The quantitative estimate of drug-likeness (QED) is 0.876. The Balaban J connectivity index is 2.37. The predicted octanol–water partition coefficient (Wildman–Crippen LogP) is 4.67. The summed E-state index contributed by atoms with van der Waals surface area (Å²) < 4.78 is 14.4. The first-order valence-corrected chi connectivity index (χ1v) is 6.72. The minimum Gasteiger partial charge on any atom is -0.324 e. The maximum Gasteiger partial charge on any atom is 0.145 e. The highest BCUT2D eigenvalue weighted by Gasteiger charge is 2.09. The molecule has 0 heterocycles. The third kappa shape index (κ3) is 2.62. The van der Waals surface area contributed by atoms with Crippen molar-refractivity contribution in [2.24, 2.45) is 5.73 Å². The molecule has 0 aromatic heterocycles. The van der Waals surface area contributed by atoms with Gasteiger partial charge in [-0.25, -0.2) is 4.39 Å². The Labute approximate surface area is 115 Å². The Bertz CT molecular complexity index is 537. The number of halogens is 2. The van der Waals surface area contributed by atoms with Crippen molar-refractivity contribution in [1.29, 1.82) is 0 Å². The van der Waals surface area contributed by atoms with Crippen LogP contribution in [0.1, 0.15) is 24.9 Å². The van der Waals surface area contributed by atoms with Crippen LogP contribution in [0.25, 0.3) is 11.1 Å². The van der Waals surface area contributed by atoms with E-state index in [0.29, 0.717) is 10.0 Å². The summed E-state index contributed by atoms with van der Waals surface area (Å²) in [6.45, 7) is 2.05. The molecule has 18 heavy (non-hydrogen) atoms. The lowest BCUT2D eigenvalue weighted by Crippen LogP contribution is -2.08. The van der Waals surface area contributed by atoms with Gasteiger partial charge in [-0.1, -0.05) is 43.3 Å². The van der Waals surface area contributed by atoms with E-state index < -0.39 is 0 Å². The molecule has 0 amide bonds. The first kappa shape index (κ1) is 13.2. The van der Waals surface area contributed by atoms with E-state index in [9.17, 15) is 4.39 Å². The van der Waals surface area contributed by atoms with Crippen molar-refractivity contribution in [2.75, 3.05) is 0 Å². The fourth-order valence-electron chi connectivity index (χ4n) is 1.87. The molecule has 1 unspecified atom stereocenters. The van der Waals surface area contributed by atoms with Crippen LogP contribution in [0.15, 0.2) is 46.9 Å². The van der Waals surface area contributed by atoms with Gasteiger partial charge >= 0.3 is 0 Å². The van der Waals surface area contributed by atoms with Gasteiger partial charge in [0.25, 0.3) is 0 Å². The van der Waals surface area contributed by atoms with Gasteiger partial charge in [0, 0.05) is 11.6 Å². The zero-order valence-electron chi connectivity index (χ0n) is 10.2. The standard InChI is InChI=1S/C15H15BrFN/c1-2-14(18)11-8-6-10(7-9-11)12-4-3-5-13(16)15(12)17/h3-9,14H,2,18H2,1H3. The van der Waals surface area contributed by atoms with Crippen LogP contribution < -0.4 is 5.73 Å². The zero-order valence-corrected chi connectivity index (χ0v) is 11.7. The van der Waals surface area contributed by atoms with Gasteiger partial charge in [0.05, 0.1) is 4.47 Å². The normalized spacial score (nSPS) is 12.4. The van der Waals surface area contributed by atoms with Gasteiger partial charge < -0.3 is 5.73 Å². The van der Waals surface area contributed by atoms with Gasteiger partial charge in [-0.15, -0.1) is 0 Å². The average Bonchev–Trinajstić information content (AvgIpc) is 2.41. The van der Waals surface area contributed by atoms with E-state index in [1.54, 1.807) is 12.1 Å². The van der Waals surface area contributed by atoms with E-state index in [4.69, 9.17) is 5.73 Å². The van der Waals surface area contributed by atoms with Gasteiger partial charge in [0.1, 0.15) is 5.82 Å². The van der Waals surface area contributed by atoms with Gasteiger partial charge in [-0.3, -0.25) is 0 Å². The van der Waals surface area contributed by atoms with E-state index in [2.05, 4.69) is 15.9 Å². The second kappa shape index (κ2) is 5.63. The molecule has 2 rings (SSSR count). The molecule has 1 nitrogen and oxygen atoms in total. The van der Waals surface area contributed by atoms with Crippen molar-refractivity contribution in [3.05, 3.63) is 58.3 Å². The first-order valence-electron chi connectivity index (χ1n) is 5.93. The first-order chi connectivity index (χ1) is 8.63. The molecule has 0 saturated carbocycles. The third-order valence-electron chi connectivity index (χ3n) is 3.04. The maximum absolute atomic E-state index is 13.9. The van der Waals surface area contributed by atoms with Crippen LogP contribution in [0, 0.1) is 5.82 Å². The lowest BCUT2D eigenvalue weighted by molar-refractivity contribution is 0.624. The molecule has 0 radical (unpaired) electrons. The maximum atomic E-state index is 13.9. The van der Waals surface area contributed by atoms with Crippen molar-refractivity contribution in [2.45, 2.75) is 19.4 Å². The average molecular weight is 308 g/mol. The smallest absolute Gasteiger partial charge is 0.145 e. The molecule has 1 atom stereocenters. The molecule has 0 aliphatic heterocycles. The van der Waals surface area contributed by atoms with E-state index in [1.165, 1.54) is 0 Å². The molecule has 2 aromatic carbocycles. The summed E-state index contributed by atoms with van der Waals surface area (Å²) in [4.78, 5) is 0. The van der Waals surface area contributed by atoms with Crippen molar-refractivity contribution in [3.63, 3.8) is 0 Å². The molecule has 2 N–H and O–H groups in total. The number of benzene rings is 2. The number of hydrogen-bond acceptors (Lipinski definition) is 1. The summed E-state index contributed by atoms with van der Waals surface area (Å²) in [6, 6.07) is 13.1. The van der Waals surface area contributed by atoms with Gasteiger partial charge in [0.15, 0.2) is 0 Å². The molecule has 0 saturated heterocycles. The fraction of sp³-hybridized carbons (Fsp3) is 0.200. The van der Waals surface area contributed by atoms with Crippen molar-refractivity contribution < 1.29 is 4.39 Å². The van der Waals surface area contributed by atoms with Crippen LogP contribution in [-0.2, 0) is 0 Å². The summed E-state index contributed by atoms with van der Waals surface area (Å²) >= 11 is 3.20. The predicted molar refractivity (Wildman–Crippen MR) is 76.8 cm³/mol. The van der Waals surface area contributed by atoms with E-state index >= 15 is 0 Å². The van der Waals surface area contributed by atoms with Crippen LogP contribution >= 0.6 is 15.9 Å². The van der Waals surface area contributed by atoms with Crippen LogP contribution in [-0.4, -0.2) is 0 Å². The van der Waals surface area contributed by atoms with Crippen LogP contribution in [0.2, 0.25) is 0 Å². The number of rotatable bonds is 3. The van der Waals surface area contributed by atoms with Gasteiger partial charge in [0.2, 0.25) is 0 Å². The largest absolute Gasteiger partial charge is 0.324 e. The Morgan fingerprint density at radius 3 is 2.44 bits per heavy atom. The van der Waals surface area contributed by atoms with Crippen LogP contribution in [0.5, 0.6) is 0 Å². The second-order valence-electron chi connectivity index (χ2n) is 4.24. The van der Waals surface area contributed by atoms with Gasteiger partial charge in [-0.05, 0) is 39.5 Å². The van der Waals surface area contributed by atoms with Crippen LogP contribution in [0.4, 0.5) is 4.39 Å². The molecule has 0 aliphatic carbocycles. The Morgan fingerprint density at radius 1 is 1.17 bits per heavy atom. The topological polar surface area (TPSA) is 26.0 Å². The minimum atomic E-state index is -0.231. The Morgan fingerprint density at radius 2 is 1.83 bits per heavy atom. The van der Waals surface area contributed by atoms with Gasteiger partial charge in [-0.2, -0.15) is 0 Å². The lowest BCUT2D eigenvalue weighted by atomic mass is 10.00. The summed E-state index contributed by atoms with van der Waals surface area (Å²) in [7, 11) is 0.